The van der Waals surface area contributed by atoms with E-state index in [0.717, 1.165) is 32.5 Å². The Kier molecular flexibility index (Phi) is 5.55. The van der Waals surface area contributed by atoms with Crippen molar-refractivity contribution in [2.75, 3.05) is 33.2 Å². The maximum Gasteiger partial charge on any atom is 0.261 e. The molecule has 20 heavy (non-hydrogen) atoms. The van der Waals surface area contributed by atoms with Crippen LogP contribution in [-0.2, 0) is 4.79 Å². The molecule has 0 bridgehead atoms. The van der Waals surface area contributed by atoms with Crippen LogP contribution in [0.5, 0.6) is 0 Å². The molecule has 2 N–H and O–H groups in total. The van der Waals surface area contributed by atoms with E-state index in [4.69, 9.17) is 0 Å². The van der Waals surface area contributed by atoms with Crippen LogP contribution in [0.2, 0.25) is 0 Å². The van der Waals surface area contributed by atoms with Crippen molar-refractivity contribution >= 4 is 23.2 Å². The summed E-state index contributed by atoms with van der Waals surface area (Å²) < 4.78 is 0. The Labute approximate surface area is 123 Å². The molecule has 1 aromatic heterocycles. The molecule has 1 unspecified atom stereocenters. The molecule has 1 aliphatic rings. The van der Waals surface area contributed by atoms with E-state index in [1.807, 2.05) is 23.4 Å². The Bertz CT molecular complexity index is 445. The topological polar surface area (TPSA) is 61.4 Å². The molecule has 6 heteroatoms. The van der Waals surface area contributed by atoms with Crippen LogP contribution in [0, 0.1) is 5.92 Å². The van der Waals surface area contributed by atoms with Gasteiger partial charge in [0, 0.05) is 13.1 Å². The summed E-state index contributed by atoms with van der Waals surface area (Å²) in [5.74, 6) is 0.360. The monoisotopic (exact) mass is 295 g/mol. The van der Waals surface area contributed by atoms with E-state index in [0.29, 0.717) is 10.8 Å². The number of amides is 2. The van der Waals surface area contributed by atoms with Gasteiger partial charge >= 0.3 is 0 Å². The molecular weight excluding hydrogens is 274 g/mol. The second-order valence-electron chi connectivity index (χ2n) is 5.07. The number of carbonyl (C=O) groups is 2. The van der Waals surface area contributed by atoms with E-state index in [1.165, 1.54) is 11.3 Å². The number of piperidine rings is 1. The zero-order valence-corrected chi connectivity index (χ0v) is 12.5. The largest absolute Gasteiger partial charge is 0.342 e. The normalized spacial score (nSPS) is 18.9. The molecule has 1 aliphatic heterocycles. The summed E-state index contributed by atoms with van der Waals surface area (Å²) in [6.45, 7) is 2.61. The summed E-state index contributed by atoms with van der Waals surface area (Å²) in [6, 6.07) is 3.59. The molecule has 2 amide bonds. The SMILES string of the molecule is CNCC1CCCN(C(=O)CNC(=O)c2cccs2)C1. The molecule has 1 atom stereocenters. The minimum Gasteiger partial charge on any atom is -0.342 e. The lowest BCUT2D eigenvalue weighted by atomic mass is 9.98. The molecule has 2 heterocycles. The van der Waals surface area contributed by atoms with E-state index in [9.17, 15) is 9.59 Å². The number of nitrogens with one attached hydrogen (secondary N) is 2. The summed E-state index contributed by atoms with van der Waals surface area (Å²) in [4.78, 5) is 26.4. The van der Waals surface area contributed by atoms with Crippen molar-refractivity contribution in [1.82, 2.24) is 15.5 Å². The van der Waals surface area contributed by atoms with Crippen molar-refractivity contribution < 1.29 is 9.59 Å². The summed E-state index contributed by atoms with van der Waals surface area (Å²) >= 11 is 1.38. The van der Waals surface area contributed by atoms with Gasteiger partial charge in [-0.25, -0.2) is 0 Å². The van der Waals surface area contributed by atoms with Gasteiger partial charge in [0.1, 0.15) is 0 Å². The summed E-state index contributed by atoms with van der Waals surface area (Å²) in [5.41, 5.74) is 0. The zero-order valence-electron chi connectivity index (χ0n) is 11.7. The number of likely N-dealkylation sites (tertiary alicyclic amines) is 1. The first-order valence-electron chi connectivity index (χ1n) is 6.94. The quantitative estimate of drug-likeness (QED) is 0.850. The molecule has 110 valence electrons. The van der Waals surface area contributed by atoms with Crippen molar-refractivity contribution in [3.8, 4) is 0 Å². The fraction of sp³-hybridized carbons (Fsp3) is 0.571. The van der Waals surface area contributed by atoms with Crippen molar-refractivity contribution in [3.63, 3.8) is 0 Å². The zero-order chi connectivity index (χ0) is 14.4. The third-order valence-corrected chi connectivity index (χ3v) is 4.38. The smallest absolute Gasteiger partial charge is 0.261 e. The van der Waals surface area contributed by atoms with Gasteiger partial charge in [0.15, 0.2) is 0 Å². The first-order chi connectivity index (χ1) is 9.70. The molecular formula is C14H21N3O2S. The van der Waals surface area contributed by atoms with Crippen LogP contribution in [-0.4, -0.2) is 49.9 Å². The van der Waals surface area contributed by atoms with Crippen molar-refractivity contribution in [3.05, 3.63) is 22.4 Å². The fourth-order valence-corrected chi connectivity index (χ4v) is 3.15. The third kappa shape index (κ3) is 4.05. The molecule has 0 aliphatic carbocycles. The average Bonchev–Trinajstić information content (AvgIpc) is 2.99. The Morgan fingerprint density at radius 1 is 1.50 bits per heavy atom. The molecule has 0 saturated carbocycles. The highest BCUT2D eigenvalue weighted by Gasteiger charge is 2.23. The Morgan fingerprint density at radius 2 is 2.35 bits per heavy atom. The maximum absolute atomic E-state index is 12.1. The summed E-state index contributed by atoms with van der Waals surface area (Å²) in [7, 11) is 1.93. The number of nitrogens with zero attached hydrogens (tertiary/aromatic N) is 1. The van der Waals surface area contributed by atoms with Gasteiger partial charge in [0.05, 0.1) is 11.4 Å². The minimum absolute atomic E-state index is 0.00992. The molecule has 1 fully saturated rings. The minimum atomic E-state index is -0.169. The van der Waals surface area contributed by atoms with E-state index in [2.05, 4.69) is 10.6 Å². The van der Waals surface area contributed by atoms with E-state index in [1.54, 1.807) is 6.07 Å². The fourth-order valence-electron chi connectivity index (χ4n) is 2.51. The van der Waals surface area contributed by atoms with Gasteiger partial charge in [-0.3, -0.25) is 9.59 Å². The van der Waals surface area contributed by atoms with Crippen LogP contribution >= 0.6 is 11.3 Å². The lowest BCUT2D eigenvalue weighted by molar-refractivity contribution is -0.131. The lowest BCUT2D eigenvalue weighted by Gasteiger charge is -2.32. The van der Waals surface area contributed by atoms with Crippen LogP contribution in [0.4, 0.5) is 0 Å². The molecule has 1 aromatic rings. The number of thiophene rings is 1. The van der Waals surface area contributed by atoms with Crippen LogP contribution < -0.4 is 10.6 Å². The standard InChI is InChI=1S/C14H21N3O2S/c1-15-8-11-4-2-6-17(10-11)13(18)9-16-14(19)12-5-3-7-20-12/h3,5,7,11,15H,2,4,6,8-10H2,1H3,(H,16,19). The van der Waals surface area contributed by atoms with Gasteiger partial charge in [-0.2, -0.15) is 0 Å². The second kappa shape index (κ2) is 7.40. The highest BCUT2D eigenvalue weighted by molar-refractivity contribution is 7.12. The highest BCUT2D eigenvalue weighted by Crippen LogP contribution is 2.15. The third-order valence-electron chi connectivity index (χ3n) is 3.51. The number of carbonyl (C=O) groups excluding carboxylic acids is 2. The van der Waals surface area contributed by atoms with Crippen LogP contribution in [0.25, 0.3) is 0 Å². The molecule has 2 rings (SSSR count). The van der Waals surface area contributed by atoms with Gasteiger partial charge < -0.3 is 15.5 Å². The second-order valence-corrected chi connectivity index (χ2v) is 6.01. The van der Waals surface area contributed by atoms with E-state index in [-0.39, 0.29) is 18.4 Å². The highest BCUT2D eigenvalue weighted by atomic mass is 32.1. The molecule has 0 aromatic carbocycles. The van der Waals surface area contributed by atoms with E-state index < -0.39 is 0 Å². The number of hydrogen-bond acceptors (Lipinski definition) is 4. The Hall–Kier alpha value is -1.40. The van der Waals surface area contributed by atoms with Gasteiger partial charge in [0.2, 0.25) is 5.91 Å². The van der Waals surface area contributed by atoms with Gasteiger partial charge in [-0.15, -0.1) is 11.3 Å². The van der Waals surface area contributed by atoms with Crippen molar-refractivity contribution in [1.29, 1.82) is 0 Å². The Morgan fingerprint density at radius 3 is 3.05 bits per heavy atom. The van der Waals surface area contributed by atoms with Gasteiger partial charge in [-0.05, 0) is 43.8 Å². The lowest BCUT2D eigenvalue weighted by Crippen LogP contribution is -2.46. The predicted octanol–water partition coefficient (Wildman–Crippen LogP) is 0.936. The first kappa shape index (κ1) is 15.0. The van der Waals surface area contributed by atoms with Crippen molar-refractivity contribution in [2.24, 2.45) is 5.92 Å². The van der Waals surface area contributed by atoms with Crippen LogP contribution in [0.15, 0.2) is 17.5 Å². The number of hydrogen-bond donors (Lipinski definition) is 2. The van der Waals surface area contributed by atoms with E-state index >= 15 is 0 Å². The van der Waals surface area contributed by atoms with Crippen molar-refractivity contribution in [2.45, 2.75) is 12.8 Å². The predicted molar refractivity (Wildman–Crippen MR) is 79.9 cm³/mol. The summed E-state index contributed by atoms with van der Waals surface area (Å²) in [5, 5.41) is 7.70. The average molecular weight is 295 g/mol. The van der Waals surface area contributed by atoms with Gasteiger partial charge in [-0.1, -0.05) is 6.07 Å². The molecule has 5 nitrogen and oxygen atoms in total. The Balaban J connectivity index is 1.78. The van der Waals surface area contributed by atoms with Gasteiger partial charge in [0.25, 0.3) is 5.91 Å². The maximum atomic E-state index is 12.1. The van der Waals surface area contributed by atoms with Crippen LogP contribution in [0.1, 0.15) is 22.5 Å². The first-order valence-corrected chi connectivity index (χ1v) is 7.82. The van der Waals surface area contributed by atoms with Crippen LogP contribution in [0.3, 0.4) is 0 Å². The number of rotatable bonds is 5. The molecule has 0 radical (unpaired) electrons. The summed E-state index contributed by atoms with van der Waals surface area (Å²) in [6.07, 6.45) is 2.20. The molecule has 0 spiro atoms. The molecule has 1 saturated heterocycles.